The van der Waals surface area contributed by atoms with E-state index in [1.165, 1.54) is 29.3 Å². The number of nitrogens with zero attached hydrogens (tertiary/aromatic N) is 5. The highest BCUT2D eigenvalue weighted by Crippen LogP contribution is 2.43. The Hall–Kier alpha value is -4.26. The van der Waals surface area contributed by atoms with Gasteiger partial charge < -0.3 is 23.5 Å². The number of rotatable bonds is 5. The Bertz CT molecular complexity index is 2220. The predicted molar refractivity (Wildman–Crippen MR) is 195 cm³/mol. The summed E-state index contributed by atoms with van der Waals surface area (Å²) in [6, 6.07) is 8.61. The van der Waals surface area contributed by atoms with E-state index in [0.29, 0.717) is 11.8 Å². The molecule has 2 aromatic carbocycles. The van der Waals surface area contributed by atoms with Crippen LogP contribution in [-0.4, -0.2) is 35.4 Å². The van der Waals surface area contributed by atoms with E-state index in [9.17, 15) is 0 Å². The fourth-order valence-electron chi connectivity index (χ4n) is 6.47. The first-order valence-electron chi connectivity index (χ1n) is 16.7. The molecule has 0 bridgehead atoms. The van der Waals surface area contributed by atoms with Crippen LogP contribution in [0.25, 0.3) is 55.4 Å². The standard InChI is InChI=1S/C20H20N4O2.C15H14IN3O.C2H6/c1-9-17(11(3)25-23-9)14-7-15(18-10(2)24-26-12(18)4)19-16(8-14)21-20(22-19)13-5-6-13;1-7-13(8(2)20-19-7)10-5-11(16)14-12(6-10)17-15(18-14)9-3-4-9;1-2/h7-8,13H,5-6H2,1-4H3,(H,21,22);5-6,9H,3-4H2,1-2H3,(H,17,18);1-2H3. The molecule has 10 nitrogen and oxygen atoms in total. The van der Waals surface area contributed by atoms with Crippen molar-refractivity contribution in [2.45, 2.75) is 92.9 Å². The molecule has 0 atom stereocenters. The lowest BCUT2D eigenvalue weighted by Crippen LogP contribution is -1.89. The summed E-state index contributed by atoms with van der Waals surface area (Å²) in [4.78, 5) is 16.7. The lowest BCUT2D eigenvalue weighted by molar-refractivity contribution is 0.393. The number of aromatic amines is 2. The second-order valence-electron chi connectivity index (χ2n) is 12.7. The van der Waals surface area contributed by atoms with Crippen LogP contribution in [0, 0.1) is 45.1 Å². The molecular formula is C37H40IN7O3. The number of benzene rings is 2. The van der Waals surface area contributed by atoms with Crippen molar-refractivity contribution in [1.82, 2.24) is 35.4 Å². The Kier molecular flexibility index (Phi) is 8.51. The van der Waals surface area contributed by atoms with Gasteiger partial charge in [0.1, 0.15) is 34.4 Å². The van der Waals surface area contributed by atoms with Crippen molar-refractivity contribution < 1.29 is 13.6 Å². The van der Waals surface area contributed by atoms with Crippen LogP contribution in [0.1, 0.15) is 97.4 Å². The number of nitrogens with one attached hydrogen (secondary N) is 2. The summed E-state index contributed by atoms with van der Waals surface area (Å²) in [5.41, 5.74) is 13.2. The maximum atomic E-state index is 5.42. The molecule has 2 aliphatic rings. The summed E-state index contributed by atoms with van der Waals surface area (Å²) >= 11 is 2.36. The Balaban J connectivity index is 0.000000149. The van der Waals surface area contributed by atoms with Gasteiger partial charge in [-0.15, -0.1) is 0 Å². The van der Waals surface area contributed by atoms with Gasteiger partial charge in [-0.25, -0.2) is 9.97 Å². The first-order valence-corrected chi connectivity index (χ1v) is 17.8. The van der Waals surface area contributed by atoms with Gasteiger partial charge >= 0.3 is 0 Å². The van der Waals surface area contributed by atoms with Crippen molar-refractivity contribution in [3.8, 4) is 33.4 Å². The third kappa shape index (κ3) is 5.86. The number of hydrogen-bond acceptors (Lipinski definition) is 8. The third-order valence-corrected chi connectivity index (χ3v) is 9.86. The molecule has 9 rings (SSSR count). The first kappa shape index (κ1) is 32.3. The van der Waals surface area contributed by atoms with Crippen LogP contribution in [0.5, 0.6) is 0 Å². The van der Waals surface area contributed by atoms with Crippen molar-refractivity contribution in [3.63, 3.8) is 0 Å². The molecule has 0 radical (unpaired) electrons. The minimum Gasteiger partial charge on any atom is -0.361 e. The van der Waals surface area contributed by atoms with Gasteiger partial charge in [-0.2, -0.15) is 0 Å². The van der Waals surface area contributed by atoms with Crippen LogP contribution in [0.4, 0.5) is 0 Å². The molecule has 5 heterocycles. The van der Waals surface area contributed by atoms with Crippen molar-refractivity contribution in [1.29, 1.82) is 0 Å². The molecule has 248 valence electrons. The maximum Gasteiger partial charge on any atom is 0.141 e. The number of aromatic nitrogens is 7. The molecule has 0 unspecified atom stereocenters. The van der Waals surface area contributed by atoms with Gasteiger partial charge in [-0.1, -0.05) is 29.3 Å². The van der Waals surface area contributed by atoms with Crippen LogP contribution in [-0.2, 0) is 0 Å². The Morgan fingerprint density at radius 3 is 1.44 bits per heavy atom. The van der Waals surface area contributed by atoms with E-state index in [1.807, 2.05) is 55.4 Å². The summed E-state index contributed by atoms with van der Waals surface area (Å²) in [6.45, 7) is 15.7. The summed E-state index contributed by atoms with van der Waals surface area (Å²) in [5, 5.41) is 12.3. The molecule has 2 fully saturated rings. The second-order valence-corrected chi connectivity index (χ2v) is 13.8. The molecule has 48 heavy (non-hydrogen) atoms. The number of fused-ring (bicyclic) bond motifs is 2. The number of imidazole rings is 2. The van der Waals surface area contributed by atoms with Crippen molar-refractivity contribution >= 4 is 44.7 Å². The number of H-pyrrole nitrogens is 2. The average Bonchev–Trinajstić information content (AvgIpc) is 3.91. The van der Waals surface area contributed by atoms with Crippen molar-refractivity contribution in [3.05, 3.63) is 73.8 Å². The monoisotopic (exact) mass is 757 g/mol. The van der Waals surface area contributed by atoms with Crippen LogP contribution in [0.3, 0.4) is 0 Å². The van der Waals surface area contributed by atoms with Crippen LogP contribution >= 0.6 is 22.6 Å². The zero-order chi connectivity index (χ0) is 33.9. The summed E-state index contributed by atoms with van der Waals surface area (Å²) in [7, 11) is 0. The summed E-state index contributed by atoms with van der Waals surface area (Å²) in [5.74, 6) is 5.88. The highest BCUT2D eigenvalue weighted by molar-refractivity contribution is 14.1. The topological polar surface area (TPSA) is 135 Å². The molecule has 0 saturated heterocycles. The average molecular weight is 758 g/mol. The van der Waals surface area contributed by atoms with Gasteiger partial charge in [-0.05, 0) is 125 Å². The molecule has 2 aliphatic carbocycles. The van der Waals surface area contributed by atoms with E-state index in [-0.39, 0.29) is 0 Å². The van der Waals surface area contributed by atoms with Crippen LogP contribution < -0.4 is 0 Å². The zero-order valence-corrected chi connectivity index (χ0v) is 30.8. The van der Waals surface area contributed by atoms with Crippen molar-refractivity contribution in [2.75, 3.05) is 0 Å². The zero-order valence-electron chi connectivity index (χ0n) is 28.6. The lowest BCUT2D eigenvalue weighted by Gasteiger charge is -2.07. The van der Waals surface area contributed by atoms with Gasteiger partial charge in [0.05, 0.1) is 33.6 Å². The molecule has 0 amide bonds. The van der Waals surface area contributed by atoms with Gasteiger partial charge in [0.25, 0.3) is 0 Å². The highest BCUT2D eigenvalue weighted by atomic mass is 127. The molecule has 5 aromatic heterocycles. The number of aryl methyl sites for hydroxylation is 6. The van der Waals surface area contributed by atoms with E-state index in [2.05, 4.69) is 72.3 Å². The molecule has 0 spiro atoms. The fourth-order valence-corrected chi connectivity index (χ4v) is 7.21. The van der Waals surface area contributed by atoms with E-state index >= 15 is 0 Å². The SMILES string of the molecule is CC.Cc1noc(C)c1-c1cc(-c2c(C)noc2C)c2nc(C3CC3)[nH]c2c1.Cc1noc(C)c1-c1cc(I)c2nc(C3CC3)[nH]c2c1. The molecular weight excluding hydrogens is 717 g/mol. The van der Waals surface area contributed by atoms with Crippen LogP contribution in [0.15, 0.2) is 37.8 Å². The maximum absolute atomic E-state index is 5.42. The quantitative estimate of drug-likeness (QED) is 0.166. The van der Waals surface area contributed by atoms with Crippen LogP contribution in [0.2, 0.25) is 0 Å². The summed E-state index contributed by atoms with van der Waals surface area (Å²) < 4.78 is 17.3. The van der Waals surface area contributed by atoms with E-state index < -0.39 is 0 Å². The van der Waals surface area contributed by atoms with Gasteiger partial charge in [0, 0.05) is 37.7 Å². The second kappa shape index (κ2) is 12.6. The van der Waals surface area contributed by atoms with E-state index in [1.54, 1.807) is 0 Å². The number of halogens is 1. The highest BCUT2D eigenvalue weighted by Gasteiger charge is 2.29. The van der Waals surface area contributed by atoms with E-state index in [0.717, 1.165) is 101 Å². The third-order valence-electron chi connectivity index (χ3n) is 9.04. The first-order chi connectivity index (χ1) is 23.2. The lowest BCUT2D eigenvalue weighted by atomic mass is 9.96. The Morgan fingerprint density at radius 1 is 0.583 bits per heavy atom. The minimum atomic E-state index is 0.558. The number of hydrogen-bond donors (Lipinski definition) is 2. The molecule has 2 saturated carbocycles. The predicted octanol–water partition coefficient (Wildman–Crippen LogP) is 10.3. The molecule has 7 aromatic rings. The largest absolute Gasteiger partial charge is 0.361 e. The molecule has 11 heteroatoms. The Labute approximate surface area is 292 Å². The minimum absolute atomic E-state index is 0.558. The molecule has 2 N–H and O–H groups in total. The molecule has 0 aliphatic heterocycles. The van der Waals surface area contributed by atoms with Gasteiger partial charge in [-0.3, -0.25) is 0 Å². The smallest absolute Gasteiger partial charge is 0.141 e. The Morgan fingerprint density at radius 2 is 1.00 bits per heavy atom. The fraction of sp³-hybridized carbons (Fsp3) is 0.378. The van der Waals surface area contributed by atoms with E-state index in [4.69, 9.17) is 23.5 Å². The van der Waals surface area contributed by atoms with Gasteiger partial charge in [0.2, 0.25) is 0 Å². The van der Waals surface area contributed by atoms with Gasteiger partial charge in [0.15, 0.2) is 0 Å². The van der Waals surface area contributed by atoms with Crippen molar-refractivity contribution in [2.24, 2.45) is 0 Å². The summed E-state index contributed by atoms with van der Waals surface area (Å²) in [6.07, 6.45) is 4.93. The normalized spacial score (nSPS) is 14.3.